The molecule has 1 saturated carbocycles. The molecule has 1 aliphatic carbocycles. The summed E-state index contributed by atoms with van der Waals surface area (Å²) < 4.78 is 0. The number of guanidine groups is 1. The number of rotatable bonds is 4. The summed E-state index contributed by atoms with van der Waals surface area (Å²) in [7, 11) is 0. The van der Waals surface area contributed by atoms with Crippen molar-refractivity contribution in [2.24, 2.45) is 5.73 Å². The third-order valence-electron chi connectivity index (χ3n) is 2.85. The number of nitrogens with two attached hydrogens (primary N) is 1. The summed E-state index contributed by atoms with van der Waals surface area (Å²) in [5.74, 6) is -0.273. The van der Waals surface area contributed by atoms with E-state index in [2.05, 4.69) is 10.3 Å². The lowest BCUT2D eigenvalue weighted by atomic mass is 10.2. The SMILES string of the molecule is N=C(N)N(CCc1ncccc1Cl)C(=O)NC1CC1. The molecule has 1 aromatic rings. The van der Waals surface area contributed by atoms with Gasteiger partial charge in [0.05, 0.1) is 10.7 Å². The number of nitrogens with zero attached hydrogens (tertiary/aromatic N) is 2. The maximum absolute atomic E-state index is 11.9. The van der Waals surface area contributed by atoms with Crippen LogP contribution in [0.2, 0.25) is 5.02 Å². The molecular weight excluding hydrogens is 266 g/mol. The lowest BCUT2D eigenvalue weighted by Crippen LogP contribution is -2.48. The zero-order chi connectivity index (χ0) is 13.8. The summed E-state index contributed by atoms with van der Waals surface area (Å²) in [5.41, 5.74) is 6.12. The van der Waals surface area contributed by atoms with Crippen LogP contribution >= 0.6 is 11.6 Å². The van der Waals surface area contributed by atoms with Crippen LogP contribution in [0.4, 0.5) is 4.79 Å². The number of amides is 2. The van der Waals surface area contributed by atoms with Gasteiger partial charge in [-0.05, 0) is 25.0 Å². The lowest BCUT2D eigenvalue weighted by Gasteiger charge is -2.21. The molecule has 0 atom stereocenters. The largest absolute Gasteiger partial charge is 0.370 e. The van der Waals surface area contributed by atoms with E-state index in [0.717, 1.165) is 12.8 Å². The van der Waals surface area contributed by atoms with Crippen LogP contribution < -0.4 is 11.1 Å². The standard InChI is InChI=1S/C12H16ClN5O/c13-9-2-1-6-16-10(9)5-7-18(11(14)15)12(19)17-8-3-4-8/h1-2,6,8H,3-5,7H2,(H3,14,15)(H,17,19). The van der Waals surface area contributed by atoms with Crippen LogP contribution in [0, 0.1) is 5.41 Å². The number of carbonyl (C=O) groups excluding carboxylic acids is 1. The van der Waals surface area contributed by atoms with Crippen molar-refractivity contribution in [3.8, 4) is 0 Å². The predicted octanol–water partition coefficient (Wildman–Crippen LogP) is 1.34. The average molecular weight is 282 g/mol. The highest BCUT2D eigenvalue weighted by atomic mass is 35.5. The van der Waals surface area contributed by atoms with Crippen molar-refractivity contribution < 1.29 is 4.79 Å². The van der Waals surface area contributed by atoms with Crippen molar-refractivity contribution in [2.45, 2.75) is 25.3 Å². The first-order valence-corrected chi connectivity index (χ1v) is 6.47. The maximum atomic E-state index is 11.9. The van der Waals surface area contributed by atoms with E-state index in [1.165, 1.54) is 4.90 Å². The highest BCUT2D eigenvalue weighted by Crippen LogP contribution is 2.19. The number of pyridine rings is 1. The van der Waals surface area contributed by atoms with E-state index in [4.69, 9.17) is 22.7 Å². The first-order chi connectivity index (χ1) is 9.08. The Morgan fingerprint density at radius 3 is 2.95 bits per heavy atom. The zero-order valence-corrected chi connectivity index (χ0v) is 11.2. The van der Waals surface area contributed by atoms with Gasteiger partial charge >= 0.3 is 6.03 Å². The highest BCUT2D eigenvalue weighted by molar-refractivity contribution is 6.31. The van der Waals surface area contributed by atoms with Crippen molar-refractivity contribution in [3.63, 3.8) is 0 Å². The van der Waals surface area contributed by atoms with Gasteiger partial charge in [0.1, 0.15) is 0 Å². The van der Waals surface area contributed by atoms with Crippen LogP contribution in [0.5, 0.6) is 0 Å². The Kier molecular flexibility index (Phi) is 4.21. The van der Waals surface area contributed by atoms with Gasteiger partial charge < -0.3 is 11.1 Å². The highest BCUT2D eigenvalue weighted by Gasteiger charge is 2.26. The minimum absolute atomic E-state index is 0.229. The molecule has 0 saturated heterocycles. The van der Waals surface area contributed by atoms with E-state index in [9.17, 15) is 4.79 Å². The van der Waals surface area contributed by atoms with Crippen LogP contribution in [0.15, 0.2) is 18.3 Å². The lowest BCUT2D eigenvalue weighted by molar-refractivity contribution is 0.220. The van der Waals surface area contributed by atoms with Gasteiger partial charge in [0.2, 0.25) is 0 Å². The van der Waals surface area contributed by atoms with Gasteiger partial charge in [-0.2, -0.15) is 0 Å². The topological polar surface area (TPSA) is 95.1 Å². The Hall–Kier alpha value is -1.82. The second-order valence-corrected chi connectivity index (χ2v) is 4.85. The second-order valence-electron chi connectivity index (χ2n) is 4.44. The van der Waals surface area contributed by atoms with Gasteiger partial charge in [-0.15, -0.1) is 0 Å². The minimum Gasteiger partial charge on any atom is -0.370 e. The van der Waals surface area contributed by atoms with Crippen molar-refractivity contribution >= 4 is 23.6 Å². The van der Waals surface area contributed by atoms with Crippen LogP contribution in [-0.4, -0.2) is 34.5 Å². The Bertz CT molecular complexity index is 489. The molecule has 0 aromatic carbocycles. The molecule has 0 spiro atoms. The monoisotopic (exact) mass is 281 g/mol. The number of hydrogen-bond acceptors (Lipinski definition) is 3. The van der Waals surface area contributed by atoms with Gasteiger partial charge in [0.25, 0.3) is 0 Å². The molecule has 7 heteroatoms. The fourth-order valence-electron chi connectivity index (χ4n) is 1.63. The molecule has 1 aliphatic rings. The number of aromatic nitrogens is 1. The molecule has 2 rings (SSSR count). The first-order valence-electron chi connectivity index (χ1n) is 6.09. The third-order valence-corrected chi connectivity index (χ3v) is 3.19. The number of nitrogens with one attached hydrogen (secondary N) is 2. The van der Waals surface area contributed by atoms with Crippen LogP contribution in [0.3, 0.4) is 0 Å². The first kappa shape index (κ1) is 13.6. The van der Waals surface area contributed by atoms with E-state index < -0.39 is 0 Å². The summed E-state index contributed by atoms with van der Waals surface area (Å²) in [6, 6.07) is 3.38. The molecule has 0 radical (unpaired) electrons. The number of hydrogen-bond donors (Lipinski definition) is 3. The predicted molar refractivity (Wildman–Crippen MR) is 73.1 cm³/mol. The molecular formula is C12H16ClN5O. The summed E-state index contributed by atoms with van der Waals surface area (Å²) in [4.78, 5) is 17.2. The summed E-state index contributed by atoms with van der Waals surface area (Å²) in [5, 5.41) is 10.8. The molecule has 0 aliphatic heterocycles. The van der Waals surface area contributed by atoms with Crippen LogP contribution in [0.25, 0.3) is 0 Å². The minimum atomic E-state index is -0.331. The maximum Gasteiger partial charge on any atom is 0.324 e. The normalized spacial score (nSPS) is 13.9. The Labute approximate surface area is 116 Å². The molecule has 102 valence electrons. The van der Waals surface area contributed by atoms with Crippen molar-refractivity contribution in [1.29, 1.82) is 5.41 Å². The van der Waals surface area contributed by atoms with Gasteiger partial charge in [-0.25, -0.2) is 4.79 Å². The third kappa shape index (κ3) is 3.82. The smallest absolute Gasteiger partial charge is 0.324 e. The van der Waals surface area contributed by atoms with E-state index in [1.54, 1.807) is 18.3 Å². The van der Waals surface area contributed by atoms with Gasteiger partial charge in [0, 0.05) is 25.2 Å². The van der Waals surface area contributed by atoms with E-state index in [1.807, 2.05) is 0 Å². The van der Waals surface area contributed by atoms with Crippen molar-refractivity contribution in [1.82, 2.24) is 15.2 Å². The van der Waals surface area contributed by atoms with Gasteiger partial charge in [-0.3, -0.25) is 15.3 Å². The summed E-state index contributed by atoms with van der Waals surface area (Å²) in [6.45, 7) is 0.282. The zero-order valence-electron chi connectivity index (χ0n) is 10.4. The Morgan fingerprint density at radius 1 is 1.63 bits per heavy atom. The second kappa shape index (κ2) is 5.88. The summed E-state index contributed by atoms with van der Waals surface area (Å²) >= 11 is 5.99. The Balaban J connectivity index is 1.95. The molecule has 1 heterocycles. The van der Waals surface area contributed by atoms with Crippen molar-refractivity contribution in [3.05, 3.63) is 29.0 Å². The Morgan fingerprint density at radius 2 is 2.37 bits per heavy atom. The molecule has 0 bridgehead atoms. The molecule has 6 nitrogen and oxygen atoms in total. The fraction of sp³-hybridized carbons (Fsp3) is 0.417. The van der Waals surface area contributed by atoms with Gasteiger partial charge in [0.15, 0.2) is 5.96 Å². The van der Waals surface area contributed by atoms with E-state index in [-0.39, 0.29) is 24.6 Å². The molecule has 19 heavy (non-hydrogen) atoms. The molecule has 1 fully saturated rings. The molecule has 4 N–H and O–H groups in total. The molecule has 2 amide bonds. The summed E-state index contributed by atoms with van der Waals surface area (Å²) in [6.07, 6.45) is 4.08. The van der Waals surface area contributed by atoms with Gasteiger partial charge in [-0.1, -0.05) is 11.6 Å². The van der Waals surface area contributed by atoms with Crippen molar-refractivity contribution in [2.75, 3.05) is 6.54 Å². The molecule has 0 unspecified atom stereocenters. The van der Waals surface area contributed by atoms with Crippen LogP contribution in [0.1, 0.15) is 18.5 Å². The molecule has 1 aromatic heterocycles. The number of urea groups is 1. The number of carbonyl (C=O) groups is 1. The number of halogens is 1. The average Bonchev–Trinajstić information content (AvgIpc) is 3.15. The quantitative estimate of drug-likeness (QED) is 0.574. The van der Waals surface area contributed by atoms with Crippen LogP contribution in [-0.2, 0) is 6.42 Å². The van der Waals surface area contributed by atoms with E-state index >= 15 is 0 Å². The van der Waals surface area contributed by atoms with E-state index in [0.29, 0.717) is 17.1 Å². The fourth-order valence-corrected chi connectivity index (χ4v) is 1.85.